The first-order valence-electron chi connectivity index (χ1n) is 10.9. The Morgan fingerprint density at radius 3 is 2.53 bits per heavy atom. The molecule has 168 valence electrons. The van der Waals surface area contributed by atoms with Gasteiger partial charge in [-0.05, 0) is 36.5 Å². The molecule has 1 heterocycles. The third-order valence-corrected chi connectivity index (χ3v) is 5.82. The van der Waals surface area contributed by atoms with Gasteiger partial charge in [0.25, 0.3) is 5.91 Å². The van der Waals surface area contributed by atoms with Crippen molar-refractivity contribution in [2.45, 2.75) is 25.5 Å². The van der Waals surface area contributed by atoms with Gasteiger partial charge in [-0.1, -0.05) is 42.5 Å². The summed E-state index contributed by atoms with van der Waals surface area (Å²) in [4.78, 5) is 41.8. The Morgan fingerprint density at radius 2 is 1.81 bits per heavy atom. The minimum Gasteiger partial charge on any atom is -0.497 e. The molecule has 1 aliphatic heterocycles. The number of benzene rings is 2. The summed E-state index contributed by atoms with van der Waals surface area (Å²) in [7, 11) is 1.60. The second-order valence-electron chi connectivity index (χ2n) is 8.41. The zero-order valence-electron chi connectivity index (χ0n) is 18.2. The number of nitrogens with zero attached hydrogens (tertiary/aromatic N) is 2. The molecule has 0 aromatic heterocycles. The number of ether oxygens (including phenoxy) is 2. The molecule has 4 rings (SSSR count). The van der Waals surface area contributed by atoms with Crippen LogP contribution in [0.5, 0.6) is 5.75 Å². The van der Waals surface area contributed by atoms with Crippen LogP contribution in [0.1, 0.15) is 28.8 Å². The van der Waals surface area contributed by atoms with E-state index in [4.69, 9.17) is 9.47 Å². The van der Waals surface area contributed by atoms with E-state index in [1.54, 1.807) is 42.3 Å². The fourth-order valence-electron chi connectivity index (χ4n) is 3.80. The molecule has 0 bridgehead atoms. The molecule has 7 heteroatoms. The van der Waals surface area contributed by atoms with Crippen molar-refractivity contribution in [3.63, 3.8) is 0 Å². The molecule has 7 nitrogen and oxygen atoms in total. The first kappa shape index (κ1) is 22.0. The molecule has 2 amide bonds. The fraction of sp³-hybridized carbons (Fsp3) is 0.400. The first-order valence-corrected chi connectivity index (χ1v) is 10.9. The third kappa shape index (κ3) is 5.53. The summed E-state index contributed by atoms with van der Waals surface area (Å²) < 4.78 is 11.4. The van der Waals surface area contributed by atoms with Crippen LogP contribution < -0.4 is 4.74 Å². The highest BCUT2D eigenvalue weighted by atomic mass is 16.5. The van der Waals surface area contributed by atoms with E-state index >= 15 is 0 Å². The predicted octanol–water partition coefficient (Wildman–Crippen LogP) is 2.54. The zero-order chi connectivity index (χ0) is 22.5. The van der Waals surface area contributed by atoms with Gasteiger partial charge in [-0.3, -0.25) is 14.4 Å². The Hall–Kier alpha value is -3.19. The highest BCUT2D eigenvalue weighted by molar-refractivity contribution is 6.42. The van der Waals surface area contributed by atoms with Crippen LogP contribution in [0.15, 0.2) is 54.6 Å². The topological polar surface area (TPSA) is 76.2 Å². The molecule has 0 N–H and O–H groups in total. The Bertz CT molecular complexity index is 973. The standard InChI is InChI=1S/C25H28N2O5/c1-31-21-9-5-6-19(12-21)13-26-14-22(32-17-18-10-11-18)15-27(16-23(26)28)25(30)24(29)20-7-3-2-4-8-20/h2-9,12,18,22H,10-11,13-17H2,1H3/t22-/m0/s1. The minimum absolute atomic E-state index is 0.148. The van der Waals surface area contributed by atoms with E-state index in [9.17, 15) is 14.4 Å². The monoisotopic (exact) mass is 436 g/mol. The van der Waals surface area contributed by atoms with Crippen LogP contribution >= 0.6 is 0 Å². The van der Waals surface area contributed by atoms with Gasteiger partial charge in [-0.15, -0.1) is 0 Å². The van der Waals surface area contributed by atoms with E-state index in [0.717, 1.165) is 24.2 Å². The van der Waals surface area contributed by atoms with Gasteiger partial charge in [0.15, 0.2) is 0 Å². The third-order valence-electron chi connectivity index (χ3n) is 5.82. The second-order valence-corrected chi connectivity index (χ2v) is 8.41. The normalized spacial score (nSPS) is 18.9. The Labute approximate surface area is 187 Å². The molecule has 0 unspecified atom stereocenters. The molecule has 2 aromatic rings. The maximum atomic E-state index is 13.1. The smallest absolute Gasteiger partial charge is 0.295 e. The molecule has 2 fully saturated rings. The van der Waals surface area contributed by atoms with Gasteiger partial charge in [0.2, 0.25) is 11.7 Å². The average molecular weight is 437 g/mol. The number of hydrogen-bond donors (Lipinski definition) is 0. The highest BCUT2D eigenvalue weighted by Crippen LogP contribution is 2.29. The van der Waals surface area contributed by atoms with Gasteiger partial charge in [-0.25, -0.2) is 0 Å². The molecule has 1 saturated heterocycles. The Balaban J connectivity index is 1.51. The van der Waals surface area contributed by atoms with Gasteiger partial charge < -0.3 is 19.3 Å². The van der Waals surface area contributed by atoms with Crippen molar-refractivity contribution >= 4 is 17.6 Å². The number of carbonyl (C=O) groups excluding carboxylic acids is 3. The van der Waals surface area contributed by atoms with E-state index in [0.29, 0.717) is 31.2 Å². The van der Waals surface area contributed by atoms with Gasteiger partial charge in [0.05, 0.1) is 13.2 Å². The summed E-state index contributed by atoms with van der Waals surface area (Å²) in [5.41, 5.74) is 1.25. The summed E-state index contributed by atoms with van der Waals surface area (Å²) in [5.74, 6) is -0.222. The van der Waals surface area contributed by atoms with Crippen molar-refractivity contribution in [1.82, 2.24) is 9.80 Å². The van der Waals surface area contributed by atoms with E-state index < -0.39 is 11.7 Å². The number of carbonyl (C=O) groups is 3. The zero-order valence-corrected chi connectivity index (χ0v) is 18.2. The molecule has 2 aromatic carbocycles. The number of rotatable bonds is 8. The Kier molecular flexibility index (Phi) is 6.85. The molecule has 1 saturated carbocycles. The number of hydrogen-bond acceptors (Lipinski definition) is 5. The summed E-state index contributed by atoms with van der Waals surface area (Å²) in [6.07, 6.45) is 1.95. The van der Waals surface area contributed by atoms with Gasteiger partial charge in [0.1, 0.15) is 12.3 Å². The van der Waals surface area contributed by atoms with E-state index in [2.05, 4.69) is 0 Å². The van der Waals surface area contributed by atoms with Crippen LogP contribution in [0.2, 0.25) is 0 Å². The lowest BCUT2D eigenvalue weighted by Gasteiger charge is -2.25. The lowest BCUT2D eigenvalue weighted by molar-refractivity contribution is -0.136. The van der Waals surface area contributed by atoms with E-state index in [-0.39, 0.29) is 25.1 Å². The maximum absolute atomic E-state index is 13.1. The fourth-order valence-corrected chi connectivity index (χ4v) is 3.80. The van der Waals surface area contributed by atoms with Crippen LogP contribution in [0.4, 0.5) is 0 Å². The molecule has 1 aliphatic carbocycles. The van der Waals surface area contributed by atoms with Crippen LogP contribution in [0.3, 0.4) is 0 Å². The molecule has 0 spiro atoms. The number of Topliss-reactive ketones (excluding diaryl/α,β-unsaturated/α-hetero) is 1. The van der Waals surface area contributed by atoms with Crippen molar-refractivity contribution in [1.29, 1.82) is 0 Å². The molecule has 0 radical (unpaired) electrons. The Morgan fingerprint density at radius 1 is 1.03 bits per heavy atom. The van der Waals surface area contributed by atoms with Crippen LogP contribution in [-0.2, 0) is 20.9 Å². The van der Waals surface area contributed by atoms with E-state index in [1.807, 2.05) is 24.3 Å². The van der Waals surface area contributed by atoms with Crippen LogP contribution in [0, 0.1) is 5.92 Å². The average Bonchev–Trinajstić information content (AvgIpc) is 3.66. The second kappa shape index (κ2) is 9.96. The highest BCUT2D eigenvalue weighted by Gasteiger charge is 2.34. The van der Waals surface area contributed by atoms with Crippen molar-refractivity contribution < 1.29 is 23.9 Å². The molecule has 2 aliphatic rings. The largest absolute Gasteiger partial charge is 0.497 e. The van der Waals surface area contributed by atoms with Crippen LogP contribution in [0.25, 0.3) is 0 Å². The van der Waals surface area contributed by atoms with Crippen LogP contribution in [-0.4, -0.2) is 66.9 Å². The van der Waals surface area contributed by atoms with Crippen molar-refractivity contribution in [3.8, 4) is 5.75 Å². The first-order chi connectivity index (χ1) is 15.5. The van der Waals surface area contributed by atoms with Crippen molar-refractivity contribution in [2.24, 2.45) is 5.92 Å². The maximum Gasteiger partial charge on any atom is 0.295 e. The summed E-state index contributed by atoms with van der Waals surface area (Å²) in [6.45, 7) is 1.43. The van der Waals surface area contributed by atoms with Crippen molar-refractivity contribution in [3.05, 3.63) is 65.7 Å². The SMILES string of the molecule is COc1cccc(CN2C[C@H](OCC3CC3)CN(C(=O)C(=O)c3ccccc3)CC2=O)c1. The summed E-state index contributed by atoms with van der Waals surface area (Å²) in [5, 5.41) is 0. The van der Waals surface area contributed by atoms with Gasteiger partial charge >= 0.3 is 0 Å². The van der Waals surface area contributed by atoms with Gasteiger partial charge in [0, 0.05) is 31.8 Å². The van der Waals surface area contributed by atoms with Gasteiger partial charge in [-0.2, -0.15) is 0 Å². The molecule has 32 heavy (non-hydrogen) atoms. The molecular formula is C25H28N2O5. The number of methoxy groups -OCH3 is 1. The lowest BCUT2D eigenvalue weighted by atomic mass is 10.1. The summed E-state index contributed by atoms with van der Waals surface area (Å²) in [6, 6.07) is 16.0. The summed E-state index contributed by atoms with van der Waals surface area (Å²) >= 11 is 0. The van der Waals surface area contributed by atoms with E-state index in [1.165, 1.54) is 4.90 Å². The quantitative estimate of drug-likeness (QED) is 0.470. The minimum atomic E-state index is -0.673. The van der Waals surface area contributed by atoms with Crippen molar-refractivity contribution in [2.75, 3.05) is 33.4 Å². The predicted molar refractivity (Wildman–Crippen MR) is 118 cm³/mol. The number of amides is 2. The molecule has 1 atom stereocenters. The number of ketones is 1. The lowest BCUT2D eigenvalue weighted by Crippen LogP contribution is -2.43. The molecular weight excluding hydrogens is 408 g/mol.